The zero-order valence-electron chi connectivity index (χ0n) is 13.4. The summed E-state index contributed by atoms with van der Waals surface area (Å²) in [5.41, 5.74) is 3.97. The fourth-order valence-corrected chi connectivity index (χ4v) is 5.64. The Hall–Kier alpha value is -3.16. The lowest BCUT2D eigenvalue weighted by molar-refractivity contribution is 0.720. The van der Waals surface area contributed by atoms with E-state index in [-0.39, 0.29) is 11.8 Å². The molecule has 2 heterocycles. The SMILES string of the molecule is N#CC(C#N)C1C=C2C(=CC(C(C#N)C#N)c3ccsc32)c2sccc21. The van der Waals surface area contributed by atoms with Gasteiger partial charge in [0, 0.05) is 21.6 Å². The number of hydrogen-bond acceptors (Lipinski definition) is 6. The molecule has 2 aliphatic rings. The molecule has 0 amide bonds. The molecule has 0 fully saturated rings. The standard InChI is InChI=1S/C20H10N4S2/c21-7-11(8-22)15-5-18-17(19-13(15)1-3-25-19)6-16(12(9-23)10-24)14-2-4-26-20(14)18/h1-6,11-12,15-16H. The third-order valence-corrected chi connectivity index (χ3v) is 6.78. The van der Waals surface area contributed by atoms with Gasteiger partial charge >= 0.3 is 0 Å². The predicted molar refractivity (Wildman–Crippen MR) is 99.5 cm³/mol. The van der Waals surface area contributed by atoms with Gasteiger partial charge in [0.2, 0.25) is 0 Å². The van der Waals surface area contributed by atoms with E-state index in [1.807, 2.05) is 35.0 Å². The maximum absolute atomic E-state index is 9.39. The van der Waals surface area contributed by atoms with E-state index in [1.165, 1.54) is 0 Å². The van der Waals surface area contributed by atoms with Crippen LogP contribution in [-0.4, -0.2) is 0 Å². The number of rotatable bonds is 2. The fraction of sp³-hybridized carbons (Fsp3) is 0.200. The van der Waals surface area contributed by atoms with E-state index in [0.29, 0.717) is 0 Å². The van der Waals surface area contributed by atoms with Crippen molar-refractivity contribution in [2.75, 3.05) is 0 Å². The van der Waals surface area contributed by atoms with Crippen molar-refractivity contribution in [3.63, 3.8) is 0 Å². The van der Waals surface area contributed by atoms with Crippen LogP contribution in [0, 0.1) is 57.2 Å². The summed E-state index contributed by atoms with van der Waals surface area (Å²) in [4.78, 5) is 2.06. The Balaban J connectivity index is 1.95. The topological polar surface area (TPSA) is 95.2 Å². The minimum atomic E-state index is -0.746. The number of fused-ring (bicyclic) bond motifs is 5. The maximum Gasteiger partial charge on any atom is 0.143 e. The molecule has 26 heavy (non-hydrogen) atoms. The van der Waals surface area contributed by atoms with Crippen molar-refractivity contribution in [1.29, 1.82) is 21.0 Å². The van der Waals surface area contributed by atoms with Crippen molar-refractivity contribution in [2.45, 2.75) is 11.8 Å². The van der Waals surface area contributed by atoms with Gasteiger partial charge in [0.05, 0.1) is 24.3 Å². The molecule has 2 unspecified atom stereocenters. The van der Waals surface area contributed by atoms with Gasteiger partial charge in [-0.2, -0.15) is 21.0 Å². The summed E-state index contributed by atoms with van der Waals surface area (Å²) in [6.07, 6.45) is 4.02. The minimum absolute atomic E-state index is 0.271. The van der Waals surface area contributed by atoms with Crippen molar-refractivity contribution >= 4 is 33.8 Å². The van der Waals surface area contributed by atoms with E-state index in [4.69, 9.17) is 0 Å². The van der Waals surface area contributed by atoms with Gasteiger partial charge in [-0.25, -0.2) is 0 Å². The lowest BCUT2D eigenvalue weighted by Gasteiger charge is -2.30. The normalized spacial score (nSPS) is 19.8. The Bertz CT molecular complexity index is 1000. The third-order valence-electron chi connectivity index (χ3n) is 4.86. The average molecular weight is 370 g/mol. The van der Waals surface area contributed by atoms with Crippen LogP contribution >= 0.6 is 22.7 Å². The molecule has 4 nitrogen and oxygen atoms in total. The first-order chi connectivity index (χ1) is 12.7. The maximum atomic E-state index is 9.39. The predicted octanol–water partition coefficient (Wildman–Crippen LogP) is 4.80. The number of nitriles is 4. The number of hydrogen-bond donors (Lipinski definition) is 0. The van der Waals surface area contributed by atoms with Crippen LogP contribution < -0.4 is 0 Å². The summed E-state index contributed by atoms with van der Waals surface area (Å²) in [6.45, 7) is 0. The first-order valence-corrected chi connectivity index (χ1v) is 9.67. The third kappa shape index (κ3) is 2.22. The first-order valence-electron chi connectivity index (χ1n) is 7.91. The largest absolute Gasteiger partial charge is 0.197 e. The number of nitrogens with zero attached hydrogens (tertiary/aromatic N) is 4. The molecule has 2 atom stereocenters. The highest BCUT2D eigenvalue weighted by molar-refractivity contribution is 7.13. The Morgan fingerprint density at radius 1 is 0.692 bits per heavy atom. The van der Waals surface area contributed by atoms with Crippen LogP contribution in [0.5, 0.6) is 0 Å². The van der Waals surface area contributed by atoms with Crippen LogP contribution in [0.1, 0.15) is 32.7 Å². The molecule has 0 saturated heterocycles. The summed E-state index contributed by atoms with van der Waals surface area (Å²) in [6, 6.07) is 12.4. The number of allylic oxidation sites excluding steroid dienone is 4. The highest BCUT2D eigenvalue weighted by atomic mass is 32.1. The van der Waals surface area contributed by atoms with Crippen molar-refractivity contribution in [1.82, 2.24) is 0 Å². The Labute approximate surface area is 158 Å². The number of thiophene rings is 2. The first kappa shape index (κ1) is 16.3. The molecule has 0 bridgehead atoms. The summed E-state index contributed by atoms with van der Waals surface area (Å²) >= 11 is 3.14. The van der Waals surface area contributed by atoms with Crippen LogP contribution in [-0.2, 0) is 0 Å². The molecule has 2 aromatic heterocycles. The molecule has 0 spiro atoms. The van der Waals surface area contributed by atoms with Crippen LogP contribution in [0.15, 0.2) is 35.0 Å². The van der Waals surface area contributed by atoms with Crippen LogP contribution in [0.25, 0.3) is 11.1 Å². The van der Waals surface area contributed by atoms with Gasteiger partial charge in [-0.3, -0.25) is 0 Å². The van der Waals surface area contributed by atoms with Crippen LogP contribution in [0.4, 0.5) is 0 Å². The molecule has 0 saturated carbocycles. The average Bonchev–Trinajstić information content (AvgIpc) is 3.33. The molecule has 2 aromatic rings. The highest BCUT2D eigenvalue weighted by Gasteiger charge is 2.37. The zero-order valence-corrected chi connectivity index (χ0v) is 15.0. The van der Waals surface area contributed by atoms with Gasteiger partial charge in [-0.1, -0.05) is 12.2 Å². The molecular formula is C20H10N4S2. The highest BCUT2D eigenvalue weighted by Crippen LogP contribution is 2.53. The summed E-state index contributed by atoms with van der Waals surface area (Å²) in [5.74, 6) is -2.03. The van der Waals surface area contributed by atoms with Gasteiger partial charge in [0.1, 0.15) is 11.8 Å². The monoisotopic (exact) mass is 370 g/mol. The molecular weight excluding hydrogens is 360 g/mol. The summed E-state index contributed by atoms with van der Waals surface area (Å²) < 4.78 is 0. The van der Waals surface area contributed by atoms with E-state index in [0.717, 1.165) is 32.0 Å². The van der Waals surface area contributed by atoms with Gasteiger partial charge in [0.25, 0.3) is 0 Å². The molecule has 0 aromatic carbocycles. The van der Waals surface area contributed by atoms with Gasteiger partial charge in [0.15, 0.2) is 0 Å². The second-order valence-electron chi connectivity index (χ2n) is 6.09. The van der Waals surface area contributed by atoms with E-state index < -0.39 is 11.8 Å². The lowest BCUT2D eigenvalue weighted by atomic mass is 9.73. The smallest absolute Gasteiger partial charge is 0.143 e. The Kier molecular flexibility index (Phi) is 3.95. The van der Waals surface area contributed by atoms with Gasteiger partial charge in [-0.05, 0) is 45.2 Å². The molecule has 4 rings (SSSR count). The molecule has 122 valence electrons. The second-order valence-corrected chi connectivity index (χ2v) is 7.93. The van der Waals surface area contributed by atoms with Crippen molar-refractivity contribution in [3.8, 4) is 24.3 Å². The molecule has 0 N–H and O–H groups in total. The van der Waals surface area contributed by atoms with Gasteiger partial charge in [-0.15, -0.1) is 22.7 Å². The minimum Gasteiger partial charge on any atom is -0.197 e. The van der Waals surface area contributed by atoms with Crippen molar-refractivity contribution in [3.05, 3.63) is 55.9 Å². The van der Waals surface area contributed by atoms with Crippen LogP contribution in [0.3, 0.4) is 0 Å². The molecule has 0 aliphatic heterocycles. The van der Waals surface area contributed by atoms with Crippen molar-refractivity contribution < 1.29 is 0 Å². The van der Waals surface area contributed by atoms with E-state index in [1.54, 1.807) is 22.7 Å². The van der Waals surface area contributed by atoms with Crippen LogP contribution in [0.2, 0.25) is 0 Å². The quantitative estimate of drug-likeness (QED) is 0.758. The zero-order chi connectivity index (χ0) is 18.3. The van der Waals surface area contributed by atoms with Gasteiger partial charge < -0.3 is 0 Å². The molecule has 6 heteroatoms. The lowest BCUT2D eigenvalue weighted by Crippen LogP contribution is -2.17. The second kappa shape index (κ2) is 6.29. The Morgan fingerprint density at radius 2 is 1.08 bits per heavy atom. The Morgan fingerprint density at radius 3 is 1.42 bits per heavy atom. The van der Waals surface area contributed by atoms with Crippen molar-refractivity contribution in [2.24, 2.45) is 11.8 Å². The fourth-order valence-electron chi connectivity index (χ4n) is 3.65. The van der Waals surface area contributed by atoms with E-state index in [2.05, 4.69) is 24.3 Å². The summed E-state index contributed by atoms with van der Waals surface area (Å²) in [7, 11) is 0. The van der Waals surface area contributed by atoms with E-state index >= 15 is 0 Å². The molecule has 2 aliphatic carbocycles. The summed E-state index contributed by atoms with van der Waals surface area (Å²) in [5, 5.41) is 41.5. The van der Waals surface area contributed by atoms with E-state index in [9.17, 15) is 21.0 Å². The molecule has 0 radical (unpaired) electrons.